The Kier molecular flexibility index (Phi) is 8.73. The second-order valence-electron chi connectivity index (χ2n) is 8.19. The Hall–Kier alpha value is -2.80. The summed E-state index contributed by atoms with van der Waals surface area (Å²) in [7, 11) is 0. The molecule has 2 aromatic rings. The molecule has 0 amide bonds. The molecule has 1 aromatic heterocycles. The predicted octanol–water partition coefficient (Wildman–Crippen LogP) is 4.39. The van der Waals surface area contributed by atoms with Crippen LogP contribution in [0.3, 0.4) is 0 Å². The number of nitrogens with one attached hydrogen (secondary N) is 1. The number of benzene rings is 1. The van der Waals surface area contributed by atoms with Gasteiger partial charge in [0.05, 0.1) is 13.2 Å². The summed E-state index contributed by atoms with van der Waals surface area (Å²) in [6.45, 7) is 9.73. The number of likely N-dealkylation sites (tertiary alicyclic amines) is 1. The Morgan fingerprint density at radius 2 is 1.81 bits per heavy atom. The van der Waals surface area contributed by atoms with E-state index in [-0.39, 0.29) is 5.56 Å². The highest BCUT2D eigenvalue weighted by molar-refractivity contribution is 5.94. The third kappa shape index (κ3) is 6.60. The van der Waals surface area contributed by atoms with E-state index in [1.54, 1.807) is 0 Å². The molecular formula is C25H35N3O4. The van der Waals surface area contributed by atoms with Crippen molar-refractivity contribution in [2.45, 2.75) is 52.5 Å². The summed E-state index contributed by atoms with van der Waals surface area (Å²) < 4.78 is 11.2. The van der Waals surface area contributed by atoms with Crippen molar-refractivity contribution < 1.29 is 19.4 Å². The van der Waals surface area contributed by atoms with E-state index in [0.717, 1.165) is 62.3 Å². The van der Waals surface area contributed by atoms with Crippen molar-refractivity contribution >= 4 is 11.7 Å². The fraction of sp³-hybridized carbons (Fsp3) is 0.520. The maximum atomic E-state index is 11.7. The maximum Gasteiger partial charge on any atom is 0.343 e. The van der Waals surface area contributed by atoms with Crippen LogP contribution in [0.2, 0.25) is 0 Å². The summed E-state index contributed by atoms with van der Waals surface area (Å²) in [5.74, 6) is -0.250. The summed E-state index contributed by atoms with van der Waals surface area (Å²) >= 11 is 0. The normalized spacial score (nSPS) is 14.8. The number of hydrogen-bond acceptors (Lipinski definition) is 6. The van der Waals surface area contributed by atoms with E-state index in [0.29, 0.717) is 30.8 Å². The lowest BCUT2D eigenvalue weighted by molar-refractivity contribution is 0.0688. The van der Waals surface area contributed by atoms with Crippen LogP contribution >= 0.6 is 0 Å². The summed E-state index contributed by atoms with van der Waals surface area (Å²) in [6, 6.07) is 8.32. The fourth-order valence-electron chi connectivity index (χ4n) is 4.22. The number of rotatable bonds is 11. The van der Waals surface area contributed by atoms with Crippen LogP contribution in [0.25, 0.3) is 0 Å². The molecule has 0 unspecified atom stereocenters. The van der Waals surface area contributed by atoms with Crippen molar-refractivity contribution in [1.82, 2.24) is 9.88 Å². The van der Waals surface area contributed by atoms with Gasteiger partial charge in [-0.3, -0.25) is 4.98 Å². The zero-order chi connectivity index (χ0) is 22.9. The lowest BCUT2D eigenvalue weighted by Crippen LogP contribution is -2.39. The Labute approximate surface area is 190 Å². The minimum atomic E-state index is -1.03. The van der Waals surface area contributed by atoms with Gasteiger partial charge in [0.15, 0.2) is 0 Å². The molecule has 2 N–H and O–H groups in total. The molecule has 32 heavy (non-hydrogen) atoms. The van der Waals surface area contributed by atoms with Crippen molar-refractivity contribution in [2.75, 3.05) is 38.2 Å². The van der Waals surface area contributed by atoms with Crippen molar-refractivity contribution in [1.29, 1.82) is 0 Å². The van der Waals surface area contributed by atoms with Crippen LogP contribution in [0.4, 0.5) is 5.69 Å². The number of ether oxygens (including phenoxy) is 2. The van der Waals surface area contributed by atoms with Gasteiger partial charge in [0, 0.05) is 36.7 Å². The van der Waals surface area contributed by atoms with Crippen LogP contribution < -0.4 is 14.8 Å². The van der Waals surface area contributed by atoms with Gasteiger partial charge < -0.3 is 24.8 Å². The number of nitrogens with zero attached hydrogens (tertiary/aromatic N) is 2. The second-order valence-corrected chi connectivity index (χ2v) is 8.19. The van der Waals surface area contributed by atoms with E-state index >= 15 is 0 Å². The number of carbonyl (C=O) groups is 1. The first-order chi connectivity index (χ1) is 15.5. The maximum absolute atomic E-state index is 11.7. The van der Waals surface area contributed by atoms with E-state index in [1.807, 2.05) is 45.2 Å². The molecule has 1 aliphatic rings. The van der Waals surface area contributed by atoms with E-state index < -0.39 is 5.97 Å². The number of piperidine rings is 1. The average Bonchev–Trinajstić information content (AvgIpc) is 2.75. The quantitative estimate of drug-likeness (QED) is 0.535. The van der Waals surface area contributed by atoms with Gasteiger partial charge in [-0.1, -0.05) is 0 Å². The van der Waals surface area contributed by atoms with Crippen LogP contribution in [-0.2, 0) is 6.42 Å². The van der Waals surface area contributed by atoms with Gasteiger partial charge in [0.1, 0.15) is 17.1 Å². The molecule has 7 nitrogen and oxygen atoms in total. The Morgan fingerprint density at radius 1 is 1.16 bits per heavy atom. The number of carboxylic acid groups (broad SMARTS) is 1. The molecule has 1 aliphatic heterocycles. The zero-order valence-corrected chi connectivity index (χ0v) is 19.4. The lowest BCUT2D eigenvalue weighted by atomic mass is 10.0. The van der Waals surface area contributed by atoms with Crippen LogP contribution in [0, 0.1) is 6.92 Å². The lowest BCUT2D eigenvalue weighted by Gasteiger charge is -2.33. The zero-order valence-electron chi connectivity index (χ0n) is 19.4. The van der Waals surface area contributed by atoms with E-state index in [2.05, 4.69) is 21.3 Å². The van der Waals surface area contributed by atoms with Gasteiger partial charge in [0.25, 0.3) is 0 Å². The molecule has 1 aromatic carbocycles. The van der Waals surface area contributed by atoms with Crippen LogP contribution in [-0.4, -0.2) is 59.8 Å². The molecule has 7 heteroatoms. The van der Waals surface area contributed by atoms with Gasteiger partial charge in [-0.05, 0) is 82.8 Å². The standard InChI is InChI=1S/C25H35N3O4/c1-4-31-22-16-19(17-23(32-5-2)24(22)25(29)30)7-6-12-28-13-9-20(10-14-28)27-21-8-11-26-18(3)15-21/h8,11,15-17,20H,4-7,9-10,12-14H2,1-3H3,(H,26,27)(H,29,30). The minimum absolute atomic E-state index is 0.108. The monoisotopic (exact) mass is 441 g/mol. The number of pyridine rings is 1. The molecular weight excluding hydrogens is 406 g/mol. The minimum Gasteiger partial charge on any atom is -0.493 e. The van der Waals surface area contributed by atoms with Crippen molar-refractivity contribution in [3.63, 3.8) is 0 Å². The van der Waals surface area contributed by atoms with E-state index in [9.17, 15) is 9.90 Å². The van der Waals surface area contributed by atoms with Gasteiger partial charge in [-0.15, -0.1) is 0 Å². The van der Waals surface area contributed by atoms with E-state index in [1.165, 1.54) is 0 Å². The first-order valence-corrected chi connectivity index (χ1v) is 11.6. The van der Waals surface area contributed by atoms with Crippen molar-refractivity contribution in [3.8, 4) is 11.5 Å². The van der Waals surface area contributed by atoms with Gasteiger partial charge in [0.2, 0.25) is 0 Å². The molecule has 1 saturated heterocycles. The first kappa shape index (κ1) is 23.9. The highest BCUT2D eigenvalue weighted by Crippen LogP contribution is 2.32. The number of carboxylic acids is 1. The molecule has 0 aliphatic carbocycles. The summed E-state index contributed by atoms with van der Waals surface area (Å²) in [6.07, 6.45) is 5.96. The first-order valence-electron chi connectivity index (χ1n) is 11.6. The molecule has 2 heterocycles. The number of aryl methyl sites for hydroxylation is 2. The summed E-state index contributed by atoms with van der Waals surface area (Å²) in [4.78, 5) is 18.5. The average molecular weight is 442 g/mol. The van der Waals surface area contributed by atoms with Crippen LogP contribution in [0.1, 0.15) is 54.7 Å². The molecule has 0 spiro atoms. The Bertz CT molecular complexity index is 868. The second kappa shape index (κ2) is 11.7. The van der Waals surface area contributed by atoms with Gasteiger partial charge in [-0.2, -0.15) is 0 Å². The van der Waals surface area contributed by atoms with Crippen molar-refractivity contribution in [2.24, 2.45) is 0 Å². The SMILES string of the molecule is CCOc1cc(CCCN2CCC(Nc3ccnc(C)c3)CC2)cc(OCC)c1C(=O)O. The topological polar surface area (TPSA) is 83.9 Å². The fourth-order valence-corrected chi connectivity index (χ4v) is 4.22. The van der Waals surface area contributed by atoms with Gasteiger partial charge in [-0.25, -0.2) is 4.79 Å². The molecule has 174 valence electrons. The number of aromatic carboxylic acids is 1. The summed E-state index contributed by atoms with van der Waals surface area (Å²) in [5, 5.41) is 13.2. The van der Waals surface area contributed by atoms with Crippen LogP contribution in [0.5, 0.6) is 11.5 Å². The Morgan fingerprint density at radius 3 is 2.38 bits per heavy atom. The number of aromatic nitrogens is 1. The molecule has 3 rings (SSSR count). The number of anilines is 1. The largest absolute Gasteiger partial charge is 0.493 e. The third-order valence-corrected chi connectivity index (χ3v) is 5.73. The predicted molar refractivity (Wildman–Crippen MR) is 126 cm³/mol. The molecule has 1 fully saturated rings. The van der Waals surface area contributed by atoms with Crippen molar-refractivity contribution in [3.05, 3.63) is 47.3 Å². The highest BCUT2D eigenvalue weighted by Gasteiger charge is 2.21. The van der Waals surface area contributed by atoms with E-state index in [4.69, 9.17) is 9.47 Å². The third-order valence-electron chi connectivity index (χ3n) is 5.73. The smallest absolute Gasteiger partial charge is 0.343 e. The van der Waals surface area contributed by atoms with Gasteiger partial charge >= 0.3 is 5.97 Å². The highest BCUT2D eigenvalue weighted by atomic mass is 16.5. The van der Waals surface area contributed by atoms with Crippen LogP contribution in [0.15, 0.2) is 30.5 Å². The Balaban J connectivity index is 1.51. The molecule has 0 atom stereocenters. The molecule has 0 radical (unpaired) electrons. The summed E-state index contributed by atoms with van der Waals surface area (Å²) in [5.41, 5.74) is 3.34. The molecule has 0 saturated carbocycles. The molecule has 0 bridgehead atoms. The number of hydrogen-bond donors (Lipinski definition) is 2.